The topological polar surface area (TPSA) is 25.2 Å². The van der Waals surface area contributed by atoms with Crippen molar-refractivity contribution < 1.29 is 5.11 Å². The van der Waals surface area contributed by atoms with Gasteiger partial charge in [-0.25, -0.2) is 0 Å². The predicted octanol–water partition coefficient (Wildman–Crippen LogP) is 3.36. The van der Waals surface area contributed by atoms with Crippen molar-refractivity contribution in [1.29, 1.82) is 0 Å². The molecule has 96 valence electrons. The Morgan fingerprint density at radius 3 is 2.72 bits per heavy atom. The Bertz CT molecular complexity index is 558. The third-order valence-corrected chi connectivity index (χ3v) is 3.63. The molecule has 1 aliphatic rings. The Morgan fingerprint density at radius 1 is 1.28 bits per heavy atom. The molecule has 0 radical (unpaired) electrons. The van der Waals surface area contributed by atoms with Crippen molar-refractivity contribution in [3.63, 3.8) is 0 Å². The number of rotatable bonds is 4. The highest BCUT2D eigenvalue weighted by Gasteiger charge is 2.22. The van der Waals surface area contributed by atoms with Crippen LogP contribution in [-0.2, 0) is 13.0 Å². The van der Waals surface area contributed by atoms with Gasteiger partial charge in [0.15, 0.2) is 0 Å². The summed E-state index contributed by atoms with van der Waals surface area (Å²) in [6.45, 7) is 4.87. The number of benzene rings is 1. The summed E-state index contributed by atoms with van der Waals surface area (Å²) >= 11 is 0. The van der Waals surface area contributed by atoms with Gasteiger partial charge in [0, 0.05) is 24.7 Å². The number of fused-ring (bicyclic) bond motifs is 1. The summed E-state index contributed by atoms with van der Waals surface area (Å²) in [5, 5.41) is 11.2. The second-order valence-electron chi connectivity index (χ2n) is 6.29. The average Bonchev–Trinajstić information content (AvgIpc) is 2.99. The molecule has 3 rings (SSSR count). The van der Waals surface area contributed by atoms with Crippen LogP contribution in [0.25, 0.3) is 10.9 Å². The van der Waals surface area contributed by atoms with E-state index in [9.17, 15) is 5.11 Å². The Morgan fingerprint density at radius 2 is 2.06 bits per heavy atom. The van der Waals surface area contributed by atoms with Gasteiger partial charge in [0.1, 0.15) is 0 Å². The second-order valence-corrected chi connectivity index (χ2v) is 6.29. The van der Waals surface area contributed by atoms with Crippen LogP contribution in [0.3, 0.4) is 0 Å². The van der Waals surface area contributed by atoms with E-state index in [0.717, 1.165) is 12.5 Å². The van der Waals surface area contributed by atoms with Crippen molar-refractivity contribution in [2.75, 3.05) is 0 Å². The van der Waals surface area contributed by atoms with Gasteiger partial charge in [0.25, 0.3) is 0 Å². The van der Waals surface area contributed by atoms with Crippen molar-refractivity contribution >= 4 is 10.9 Å². The maximum absolute atomic E-state index is 9.91. The lowest BCUT2D eigenvalue weighted by atomic mass is 9.98. The Hall–Kier alpha value is -1.28. The number of hydrogen-bond donors (Lipinski definition) is 1. The van der Waals surface area contributed by atoms with E-state index in [1.165, 1.54) is 29.3 Å². The zero-order valence-corrected chi connectivity index (χ0v) is 11.2. The van der Waals surface area contributed by atoms with Crippen LogP contribution >= 0.6 is 0 Å². The molecule has 2 nitrogen and oxygen atoms in total. The quantitative estimate of drug-likeness (QED) is 0.875. The molecular formula is C16H21NO. The molecule has 0 aliphatic heterocycles. The fourth-order valence-corrected chi connectivity index (χ4v) is 2.58. The van der Waals surface area contributed by atoms with Crippen LogP contribution in [0.4, 0.5) is 0 Å². The summed E-state index contributed by atoms with van der Waals surface area (Å²) in [7, 11) is 0. The van der Waals surface area contributed by atoms with Crippen LogP contribution in [0.1, 0.15) is 32.3 Å². The molecule has 0 amide bonds. The molecule has 0 spiro atoms. The smallest absolute Gasteiger partial charge is 0.0631 e. The van der Waals surface area contributed by atoms with E-state index >= 15 is 0 Å². The fourth-order valence-electron chi connectivity index (χ4n) is 2.58. The molecule has 0 atom stereocenters. The van der Waals surface area contributed by atoms with Gasteiger partial charge in [0.2, 0.25) is 0 Å². The predicted molar refractivity (Wildman–Crippen MR) is 74.7 cm³/mol. The highest BCUT2D eigenvalue weighted by molar-refractivity contribution is 5.80. The van der Waals surface area contributed by atoms with E-state index in [2.05, 4.69) is 35.0 Å². The summed E-state index contributed by atoms with van der Waals surface area (Å²) < 4.78 is 2.36. The maximum Gasteiger partial charge on any atom is 0.0631 e. The molecule has 1 aromatic carbocycles. The lowest BCUT2D eigenvalue weighted by Crippen LogP contribution is -2.21. The molecule has 1 saturated carbocycles. The Kier molecular flexibility index (Phi) is 2.70. The summed E-state index contributed by atoms with van der Waals surface area (Å²) in [5.74, 6) is 0.888. The van der Waals surface area contributed by atoms with Crippen molar-refractivity contribution in [3.05, 3.63) is 36.0 Å². The van der Waals surface area contributed by atoms with Gasteiger partial charge >= 0.3 is 0 Å². The molecule has 1 fully saturated rings. The Balaban J connectivity index is 1.93. The molecule has 2 heteroatoms. The van der Waals surface area contributed by atoms with Crippen molar-refractivity contribution in [1.82, 2.24) is 4.57 Å². The van der Waals surface area contributed by atoms with Gasteiger partial charge in [-0.15, -0.1) is 0 Å². The molecule has 1 aromatic heterocycles. The second kappa shape index (κ2) is 4.13. The van der Waals surface area contributed by atoms with E-state index in [4.69, 9.17) is 0 Å². The fraction of sp³-hybridized carbons (Fsp3) is 0.500. The van der Waals surface area contributed by atoms with E-state index in [1.54, 1.807) is 0 Å². The van der Waals surface area contributed by atoms with E-state index in [0.29, 0.717) is 6.42 Å². The molecule has 1 aliphatic carbocycles. The number of aromatic nitrogens is 1. The van der Waals surface area contributed by atoms with Crippen LogP contribution < -0.4 is 0 Å². The molecule has 0 unspecified atom stereocenters. The summed E-state index contributed by atoms with van der Waals surface area (Å²) in [6.07, 6.45) is 5.65. The van der Waals surface area contributed by atoms with Gasteiger partial charge < -0.3 is 9.67 Å². The summed E-state index contributed by atoms with van der Waals surface area (Å²) in [6, 6.07) is 8.71. The first-order chi connectivity index (χ1) is 8.51. The van der Waals surface area contributed by atoms with E-state index < -0.39 is 5.60 Å². The molecular weight excluding hydrogens is 222 g/mol. The lowest BCUT2D eigenvalue weighted by molar-refractivity contribution is 0.0810. The van der Waals surface area contributed by atoms with Gasteiger partial charge in [-0.3, -0.25) is 0 Å². The largest absolute Gasteiger partial charge is 0.390 e. The van der Waals surface area contributed by atoms with Crippen molar-refractivity contribution in [2.45, 2.75) is 45.3 Å². The third kappa shape index (κ3) is 2.59. The van der Waals surface area contributed by atoms with Crippen LogP contribution in [0, 0.1) is 5.92 Å². The molecule has 2 aromatic rings. The first-order valence-corrected chi connectivity index (χ1v) is 6.81. The van der Waals surface area contributed by atoms with E-state index in [1.807, 2.05) is 13.8 Å². The highest BCUT2D eigenvalue weighted by atomic mass is 16.3. The minimum absolute atomic E-state index is 0.637. The highest BCUT2D eigenvalue weighted by Crippen LogP contribution is 2.32. The monoisotopic (exact) mass is 243 g/mol. The SMILES string of the molecule is CC(C)(O)Cc1ccc2ccn(CC3CC3)c2c1. The molecule has 18 heavy (non-hydrogen) atoms. The van der Waals surface area contributed by atoms with Gasteiger partial charge in [-0.1, -0.05) is 12.1 Å². The van der Waals surface area contributed by atoms with Crippen molar-refractivity contribution in [2.24, 2.45) is 5.92 Å². The normalized spacial score (nSPS) is 16.4. The zero-order chi connectivity index (χ0) is 12.8. The zero-order valence-electron chi connectivity index (χ0n) is 11.2. The lowest BCUT2D eigenvalue weighted by Gasteiger charge is -2.17. The molecule has 0 saturated heterocycles. The third-order valence-electron chi connectivity index (χ3n) is 3.63. The average molecular weight is 243 g/mol. The Labute approximate surface area is 108 Å². The van der Waals surface area contributed by atoms with Gasteiger partial charge in [0.05, 0.1) is 5.60 Å². The summed E-state index contributed by atoms with van der Waals surface area (Å²) in [5.41, 5.74) is 1.89. The van der Waals surface area contributed by atoms with Crippen LogP contribution in [0.15, 0.2) is 30.5 Å². The summed E-state index contributed by atoms with van der Waals surface area (Å²) in [4.78, 5) is 0. The first-order valence-electron chi connectivity index (χ1n) is 6.81. The van der Waals surface area contributed by atoms with Crippen molar-refractivity contribution in [3.8, 4) is 0 Å². The van der Waals surface area contributed by atoms with E-state index in [-0.39, 0.29) is 0 Å². The molecule has 0 bridgehead atoms. The minimum Gasteiger partial charge on any atom is -0.390 e. The standard InChI is InChI=1S/C16H21NO/c1-16(2,18)10-13-5-6-14-7-8-17(15(14)9-13)11-12-3-4-12/h5-9,12,18H,3-4,10-11H2,1-2H3. The van der Waals surface area contributed by atoms with Crippen LogP contribution in [-0.4, -0.2) is 15.3 Å². The molecule has 1 heterocycles. The van der Waals surface area contributed by atoms with Crippen LogP contribution in [0.2, 0.25) is 0 Å². The maximum atomic E-state index is 9.91. The first kappa shape index (κ1) is 11.8. The minimum atomic E-state index is -0.637. The number of nitrogens with zero attached hydrogens (tertiary/aromatic N) is 1. The molecule has 1 N–H and O–H groups in total. The van der Waals surface area contributed by atoms with Gasteiger partial charge in [-0.05, 0) is 55.7 Å². The number of hydrogen-bond acceptors (Lipinski definition) is 1. The van der Waals surface area contributed by atoms with Crippen LogP contribution in [0.5, 0.6) is 0 Å². The van der Waals surface area contributed by atoms with Gasteiger partial charge in [-0.2, -0.15) is 0 Å². The number of aliphatic hydroxyl groups is 1.